The fourth-order valence-corrected chi connectivity index (χ4v) is 19.0. The van der Waals surface area contributed by atoms with E-state index in [1.54, 1.807) is 15.9 Å². The van der Waals surface area contributed by atoms with Crippen LogP contribution in [-0.2, 0) is 0 Å². The van der Waals surface area contributed by atoms with Gasteiger partial charge in [-0.1, -0.05) is 112 Å². The largest absolute Gasteiger partial charge is 0.0985 e. The lowest BCUT2D eigenvalue weighted by atomic mass is 10.1. The van der Waals surface area contributed by atoms with Crippen LogP contribution in [0.5, 0.6) is 0 Å². The van der Waals surface area contributed by atoms with Crippen LogP contribution in [0.2, 0.25) is 78.6 Å². The summed E-state index contributed by atoms with van der Waals surface area (Å²) in [6, 6.07) is 0. The maximum Gasteiger partial charge on any atom is 0.0782 e. The zero-order valence-electron chi connectivity index (χ0n) is 19.3. The van der Waals surface area contributed by atoms with Crippen LogP contribution in [0.25, 0.3) is 6.08 Å². The zero-order valence-corrected chi connectivity index (χ0v) is 23.3. The predicted octanol–water partition coefficient (Wildman–Crippen LogP) is 4.82. The Bertz CT molecular complexity index is 673. The molecule has 0 fully saturated rings. The van der Waals surface area contributed by atoms with Gasteiger partial charge < -0.3 is 0 Å². The summed E-state index contributed by atoms with van der Waals surface area (Å²) in [6.45, 7) is 37.2. The van der Waals surface area contributed by atoms with Crippen LogP contribution in [0.3, 0.4) is 0 Å². The molecule has 0 amide bonds. The molecule has 0 nitrogen and oxygen atoms in total. The molecule has 1 aromatic carbocycles. The van der Waals surface area contributed by atoms with Crippen LogP contribution < -0.4 is 20.7 Å². The SMILES string of the molecule is C=Cc1c(C)c([Si](C)(C)C)c([Si](C)(C)C)c([Si](C)(C)C)c1[Si](C)(C)C. The Hall–Kier alpha value is -0.172. The maximum atomic E-state index is 4.27. The monoisotopic (exact) mass is 406 g/mol. The summed E-state index contributed by atoms with van der Waals surface area (Å²) < 4.78 is 0. The highest BCUT2D eigenvalue weighted by Gasteiger charge is 2.40. The third-order valence-corrected chi connectivity index (χ3v) is 13.9. The summed E-state index contributed by atoms with van der Waals surface area (Å²) in [4.78, 5) is 0. The molecule has 1 aromatic rings. The number of hydrogen-bond acceptors (Lipinski definition) is 0. The highest BCUT2D eigenvalue weighted by atomic mass is 28.3. The van der Waals surface area contributed by atoms with Gasteiger partial charge in [-0.25, -0.2) is 0 Å². The molecular formula is C21H42Si4. The van der Waals surface area contributed by atoms with Crippen molar-refractivity contribution in [1.82, 2.24) is 0 Å². The van der Waals surface area contributed by atoms with E-state index in [9.17, 15) is 0 Å². The average molecular weight is 407 g/mol. The Balaban J connectivity index is 4.45. The number of hydrogen-bond donors (Lipinski definition) is 0. The van der Waals surface area contributed by atoms with Crippen molar-refractivity contribution < 1.29 is 0 Å². The lowest BCUT2D eigenvalue weighted by Crippen LogP contribution is -2.74. The molecule has 0 atom stereocenters. The maximum absolute atomic E-state index is 4.27. The molecule has 0 aliphatic carbocycles. The molecule has 0 saturated heterocycles. The summed E-state index contributed by atoms with van der Waals surface area (Å²) in [5.74, 6) is 0. The van der Waals surface area contributed by atoms with Gasteiger partial charge >= 0.3 is 0 Å². The molecule has 25 heavy (non-hydrogen) atoms. The second-order valence-electron chi connectivity index (χ2n) is 11.7. The van der Waals surface area contributed by atoms with E-state index in [2.05, 4.69) is 98.1 Å². The summed E-state index contributed by atoms with van der Waals surface area (Å²) in [7, 11) is -5.86. The number of benzene rings is 1. The van der Waals surface area contributed by atoms with Crippen LogP contribution in [0.1, 0.15) is 11.1 Å². The zero-order chi connectivity index (χ0) is 20.2. The first-order valence-electron chi connectivity index (χ1n) is 9.70. The molecule has 0 aliphatic rings. The summed E-state index contributed by atoms with van der Waals surface area (Å²) in [5, 5.41) is 7.16. The van der Waals surface area contributed by atoms with Crippen molar-refractivity contribution in [2.75, 3.05) is 0 Å². The molecule has 0 saturated carbocycles. The molecular weight excluding hydrogens is 365 g/mol. The third kappa shape index (κ3) is 4.57. The molecule has 0 bridgehead atoms. The molecule has 0 aliphatic heterocycles. The van der Waals surface area contributed by atoms with Gasteiger partial charge in [0, 0.05) is 0 Å². The quantitative estimate of drug-likeness (QED) is 0.615. The molecule has 0 spiro atoms. The fourth-order valence-electron chi connectivity index (χ4n) is 4.37. The van der Waals surface area contributed by atoms with E-state index >= 15 is 0 Å². The normalized spacial score (nSPS) is 14.0. The van der Waals surface area contributed by atoms with E-state index < -0.39 is 32.3 Å². The molecule has 1 rings (SSSR count). The second-order valence-corrected chi connectivity index (χ2v) is 31.7. The molecule has 0 N–H and O–H groups in total. The minimum Gasteiger partial charge on any atom is -0.0985 e. The molecule has 142 valence electrons. The Labute approximate surface area is 162 Å². The van der Waals surface area contributed by atoms with Crippen molar-refractivity contribution in [3.05, 3.63) is 17.7 Å². The van der Waals surface area contributed by atoms with Crippen molar-refractivity contribution in [1.29, 1.82) is 0 Å². The lowest BCUT2D eigenvalue weighted by molar-refractivity contribution is 1.48. The summed E-state index contributed by atoms with van der Waals surface area (Å²) in [5.41, 5.74) is 3.06. The minimum absolute atomic E-state index is 1.45. The van der Waals surface area contributed by atoms with Gasteiger partial charge in [0.25, 0.3) is 0 Å². The molecule has 0 aromatic heterocycles. The first-order valence-corrected chi connectivity index (χ1v) is 23.7. The van der Waals surface area contributed by atoms with E-state index in [0.717, 1.165) is 0 Å². The van der Waals surface area contributed by atoms with E-state index in [1.165, 1.54) is 5.56 Å². The summed E-state index contributed by atoms with van der Waals surface area (Å²) in [6.07, 6.45) is 2.18. The minimum atomic E-state index is -1.48. The topological polar surface area (TPSA) is 0 Å². The van der Waals surface area contributed by atoms with Crippen LogP contribution in [0.4, 0.5) is 0 Å². The first kappa shape index (κ1) is 22.9. The van der Waals surface area contributed by atoms with Crippen molar-refractivity contribution in [2.24, 2.45) is 0 Å². The average Bonchev–Trinajstić information content (AvgIpc) is 2.31. The van der Waals surface area contributed by atoms with Crippen LogP contribution in [0, 0.1) is 6.92 Å². The van der Waals surface area contributed by atoms with Gasteiger partial charge in [0.2, 0.25) is 0 Å². The van der Waals surface area contributed by atoms with Crippen molar-refractivity contribution in [3.8, 4) is 0 Å². The molecule has 0 unspecified atom stereocenters. The fraction of sp³-hybridized carbons (Fsp3) is 0.619. The highest BCUT2D eigenvalue weighted by molar-refractivity contribution is 7.07. The Morgan fingerprint density at radius 2 is 0.800 bits per heavy atom. The van der Waals surface area contributed by atoms with E-state index in [0.29, 0.717) is 0 Å². The third-order valence-electron chi connectivity index (χ3n) is 5.00. The summed E-state index contributed by atoms with van der Waals surface area (Å²) >= 11 is 0. The Morgan fingerprint density at radius 3 is 1.04 bits per heavy atom. The lowest BCUT2D eigenvalue weighted by Gasteiger charge is -2.41. The van der Waals surface area contributed by atoms with E-state index in [4.69, 9.17) is 0 Å². The van der Waals surface area contributed by atoms with E-state index in [-0.39, 0.29) is 0 Å². The number of rotatable bonds is 5. The van der Waals surface area contributed by atoms with Crippen LogP contribution in [0.15, 0.2) is 6.58 Å². The van der Waals surface area contributed by atoms with Gasteiger partial charge in [-0.15, -0.1) is 0 Å². The van der Waals surface area contributed by atoms with Crippen molar-refractivity contribution in [2.45, 2.75) is 85.5 Å². The van der Waals surface area contributed by atoms with Gasteiger partial charge in [0.05, 0.1) is 32.3 Å². The Kier molecular flexibility index (Phi) is 6.19. The van der Waals surface area contributed by atoms with E-state index in [1.807, 2.05) is 10.4 Å². The van der Waals surface area contributed by atoms with Gasteiger partial charge in [-0.05, 0) is 18.1 Å². The first-order chi connectivity index (χ1) is 10.8. The van der Waals surface area contributed by atoms with Gasteiger partial charge in [0.1, 0.15) is 0 Å². The van der Waals surface area contributed by atoms with Crippen LogP contribution >= 0.6 is 0 Å². The predicted molar refractivity (Wildman–Crippen MR) is 133 cm³/mol. The highest BCUT2D eigenvalue weighted by Crippen LogP contribution is 2.19. The van der Waals surface area contributed by atoms with Gasteiger partial charge in [-0.3, -0.25) is 0 Å². The van der Waals surface area contributed by atoms with Crippen molar-refractivity contribution in [3.63, 3.8) is 0 Å². The van der Waals surface area contributed by atoms with Crippen LogP contribution in [-0.4, -0.2) is 32.3 Å². The molecule has 4 heteroatoms. The molecule has 0 radical (unpaired) electrons. The van der Waals surface area contributed by atoms with Gasteiger partial charge in [-0.2, -0.15) is 0 Å². The smallest absolute Gasteiger partial charge is 0.0782 e. The van der Waals surface area contributed by atoms with Crippen molar-refractivity contribution >= 4 is 59.1 Å². The second kappa shape index (κ2) is 6.77. The Morgan fingerprint density at radius 1 is 0.520 bits per heavy atom. The van der Waals surface area contributed by atoms with Gasteiger partial charge in [0.15, 0.2) is 0 Å². The molecule has 0 heterocycles. The standard InChI is InChI=1S/C21H42Si4/c1-15-17-16(2)18(22(3,4)5)20(24(9,10)11)21(25(12,13)14)19(17)23(6,7)8/h15H,1H2,2-14H3.